The fourth-order valence-electron chi connectivity index (χ4n) is 1.84. The summed E-state index contributed by atoms with van der Waals surface area (Å²) in [5.41, 5.74) is 0.511. The third-order valence-electron chi connectivity index (χ3n) is 2.92. The molecule has 0 aromatic heterocycles. The van der Waals surface area contributed by atoms with Crippen molar-refractivity contribution in [3.8, 4) is 0 Å². The van der Waals surface area contributed by atoms with Crippen LogP contribution in [0.3, 0.4) is 0 Å². The number of aliphatic hydroxyl groups is 1. The van der Waals surface area contributed by atoms with Gasteiger partial charge in [-0.1, -0.05) is 25.5 Å². The molecule has 0 saturated carbocycles. The smallest absolute Gasteiger partial charge is 0.305 e. The molecule has 1 aromatic carbocycles. The molecule has 5 heteroatoms. The van der Waals surface area contributed by atoms with E-state index in [0.717, 1.165) is 12.8 Å². The van der Waals surface area contributed by atoms with Gasteiger partial charge in [-0.3, -0.25) is 4.79 Å². The first-order valence-corrected chi connectivity index (χ1v) is 6.43. The lowest BCUT2D eigenvalue weighted by Crippen LogP contribution is -2.37. The summed E-state index contributed by atoms with van der Waals surface area (Å²) in [4.78, 5) is 10.8. The Labute approximate surface area is 112 Å². The zero-order valence-corrected chi connectivity index (χ0v) is 11.0. The number of aliphatic hydroxyl groups excluding tert-OH is 1. The molecular weight excluding hydrogens is 249 g/mol. The maximum atomic E-state index is 12.8. The molecule has 0 radical (unpaired) electrons. The number of unbranched alkanes of at least 4 members (excludes halogenated alkanes) is 1. The van der Waals surface area contributed by atoms with Crippen molar-refractivity contribution < 1.29 is 19.4 Å². The molecule has 2 atom stereocenters. The van der Waals surface area contributed by atoms with Crippen LogP contribution in [0.2, 0.25) is 0 Å². The molecule has 4 nitrogen and oxygen atoms in total. The van der Waals surface area contributed by atoms with Crippen molar-refractivity contribution in [3.05, 3.63) is 35.6 Å². The summed E-state index contributed by atoms with van der Waals surface area (Å²) < 4.78 is 12.8. The van der Waals surface area contributed by atoms with Gasteiger partial charge < -0.3 is 15.5 Å². The number of benzene rings is 1. The molecule has 0 amide bonds. The summed E-state index contributed by atoms with van der Waals surface area (Å²) in [6, 6.07) is 4.87. The van der Waals surface area contributed by atoms with Crippen LogP contribution in [0.4, 0.5) is 4.39 Å². The average molecular weight is 269 g/mol. The average Bonchev–Trinajstić information content (AvgIpc) is 2.37. The first kappa shape index (κ1) is 15.6. The third kappa shape index (κ3) is 5.36. The molecule has 0 aliphatic heterocycles. The minimum Gasteiger partial charge on any atom is -0.481 e. The predicted octanol–water partition coefficient (Wildman–Crippen LogP) is 2.09. The molecule has 19 heavy (non-hydrogen) atoms. The fraction of sp³-hybridized carbons (Fsp3) is 0.500. The number of carboxylic acid groups (broad SMARTS) is 1. The van der Waals surface area contributed by atoms with E-state index in [1.165, 1.54) is 24.3 Å². The van der Waals surface area contributed by atoms with Crippen molar-refractivity contribution in [1.82, 2.24) is 5.32 Å². The lowest BCUT2D eigenvalue weighted by molar-refractivity contribution is -0.138. The second kappa shape index (κ2) is 7.86. The van der Waals surface area contributed by atoms with Crippen LogP contribution in [0.1, 0.15) is 37.9 Å². The molecule has 1 rings (SSSR count). The number of aliphatic carboxylic acids is 1. The molecule has 0 aliphatic carbocycles. The molecule has 1 aromatic rings. The van der Waals surface area contributed by atoms with Gasteiger partial charge in [-0.2, -0.15) is 0 Å². The van der Waals surface area contributed by atoms with E-state index in [0.29, 0.717) is 12.1 Å². The van der Waals surface area contributed by atoms with E-state index in [2.05, 4.69) is 5.32 Å². The molecule has 106 valence electrons. The fourth-order valence-corrected chi connectivity index (χ4v) is 1.84. The van der Waals surface area contributed by atoms with E-state index in [9.17, 15) is 14.3 Å². The third-order valence-corrected chi connectivity index (χ3v) is 2.92. The summed E-state index contributed by atoms with van der Waals surface area (Å²) in [7, 11) is 0. The summed E-state index contributed by atoms with van der Waals surface area (Å²) in [6.45, 7) is 2.68. The summed E-state index contributed by atoms with van der Waals surface area (Å²) in [6.07, 6.45) is 0.752. The number of carbonyl (C=O) groups is 1. The molecule has 0 aliphatic rings. The van der Waals surface area contributed by atoms with E-state index < -0.39 is 18.1 Å². The summed E-state index contributed by atoms with van der Waals surface area (Å²) in [5, 5.41) is 22.1. The Hall–Kier alpha value is -1.46. The van der Waals surface area contributed by atoms with Crippen LogP contribution < -0.4 is 5.32 Å². The SMILES string of the molecule is CCCCNC(CC(=O)O)C(O)c1ccc(F)cc1. The molecule has 3 N–H and O–H groups in total. The Morgan fingerprint density at radius 2 is 2.00 bits per heavy atom. The number of hydrogen-bond donors (Lipinski definition) is 3. The van der Waals surface area contributed by atoms with Gasteiger partial charge in [0.1, 0.15) is 5.82 Å². The zero-order chi connectivity index (χ0) is 14.3. The number of halogens is 1. The van der Waals surface area contributed by atoms with E-state index >= 15 is 0 Å². The van der Waals surface area contributed by atoms with Crippen molar-refractivity contribution in [2.75, 3.05) is 6.54 Å². The van der Waals surface area contributed by atoms with Crippen LogP contribution in [-0.2, 0) is 4.79 Å². The second-order valence-corrected chi connectivity index (χ2v) is 4.51. The summed E-state index contributed by atoms with van der Waals surface area (Å²) >= 11 is 0. The summed E-state index contributed by atoms with van der Waals surface area (Å²) in [5.74, 6) is -1.36. The topological polar surface area (TPSA) is 69.6 Å². The maximum Gasteiger partial charge on any atom is 0.305 e. The number of rotatable bonds is 8. The second-order valence-electron chi connectivity index (χ2n) is 4.51. The van der Waals surface area contributed by atoms with Crippen molar-refractivity contribution in [1.29, 1.82) is 0 Å². The van der Waals surface area contributed by atoms with Crippen LogP contribution >= 0.6 is 0 Å². The number of nitrogens with one attached hydrogen (secondary N) is 1. The van der Waals surface area contributed by atoms with Crippen molar-refractivity contribution in [2.45, 2.75) is 38.3 Å². The first-order chi connectivity index (χ1) is 9.04. The molecule has 0 fully saturated rings. The van der Waals surface area contributed by atoms with Gasteiger partial charge in [0.2, 0.25) is 0 Å². The molecule has 0 saturated heterocycles. The maximum absolute atomic E-state index is 12.8. The van der Waals surface area contributed by atoms with Gasteiger partial charge in [-0.15, -0.1) is 0 Å². The van der Waals surface area contributed by atoms with E-state index in [-0.39, 0.29) is 12.2 Å². The minimum atomic E-state index is -0.977. The minimum absolute atomic E-state index is 0.178. The highest BCUT2D eigenvalue weighted by molar-refractivity contribution is 5.67. The van der Waals surface area contributed by atoms with Crippen LogP contribution in [0.25, 0.3) is 0 Å². The predicted molar refractivity (Wildman–Crippen MR) is 70.3 cm³/mol. The van der Waals surface area contributed by atoms with Gasteiger partial charge in [0.05, 0.1) is 12.5 Å². The Morgan fingerprint density at radius 3 is 2.53 bits per heavy atom. The molecular formula is C14H20FNO3. The highest BCUT2D eigenvalue weighted by Gasteiger charge is 2.22. The zero-order valence-electron chi connectivity index (χ0n) is 11.0. The van der Waals surface area contributed by atoms with Gasteiger partial charge in [0.15, 0.2) is 0 Å². The Balaban J connectivity index is 2.71. The Kier molecular flexibility index (Phi) is 6.45. The lowest BCUT2D eigenvalue weighted by Gasteiger charge is -2.23. The largest absolute Gasteiger partial charge is 0.481 e. The Bertz CT molecular complexity index is 394. The van der Waals surface area contributed by atoms with Crippen molar-refractivity contribution in [3.63, 3.8) is 0 Å². The first-order valence-electron chi connectivity index (χ1n) is 6.43. The van der Waals surface area contributed by atoms with Crippen LogP contribution in [0.5, 0.6) is 0 Å². The normalized spacial score (nSPS) is 14.1. The van der Waals surface area contributed by atoms with E-state index in [4.69, 9.17) is 5.11 Å². The van der Waals surface area contributed by atoms with Crippen molar-refractivity contribution in [2.24, 2.45) is 0 Å². The van der Waals surface area contributed by atoms with Gasteiger partial charge in [-0.05, 0) is 30.7 Å². The van der Waals surface area contributed by atoms with Gasteiger partial charge in [0, 0.05) is 6.04 Å². The quantitative estimate of drug-likeness (QED) is 0.632. The molecule has 0 bridgehead atoms. The molecule has 2 unspecified atom stereocenters. The monoisotopic (exact) mass is 269 g/mol. The van der Waals surface area contributed by atoms with Gasteiger partial charge in [0.25, 0.3) is 0 Å². The molecule has 0 heterocycles. The number of carboxylic acids is 1. The van der Waals surface area contributed by atoms with E-state index in [1.807, 2.05) is 6.92 Å². The van der Waals surface area contributed by atoms with Crippen LogP contribution in [0.15, 0.2) is 24.3 Å². The molecule has 0 spiro atoms. The lowest BCUT2D eigenvalue weighted by atomic mass is 9.99. The standard InChI is InChI=1S/C14H20FNO3/c1-2-3-8-16-12(9-13(17)18)14(19)10-4-6-11(15)7-5-10/h4-7,12,14,16,19H,2-3,8-9H2,1H3,(H,17,18). The van der Waals surface area contributed by atoms with E-state index in [1.54, 1.807) is 0 Å². The Morgan fingerprint density at radius 1 is 1.37 bits per heavy atom. The highest BCUT2D eigenvalue weighted by Crippen LogP contribution is 2.19. The highest BCUT2D eigenvalue weighted by atomic mass is 19.1. The van der Waals surface area contributed by atoms with Gasteiger partial charge >= 0.3 is 5.97 Å². The van der Waals surface area contributed by atoms with Crippen LogP contribution in [-0.4, -0.2) is 28.8 Å². The van der Waals surface area contributed by atoms with Crippen molar-refractivity contribution >= 4 is 5.97 Å². The van der Waals surface area contributed by atoms with Gasteiger partial charge in [-0.25, -0.2) is 4.39 Å². The number of hydrogen-bond acceptors (Lipinski definition) is 3. The van der Waals surface area contributed by atoms with Crippen LogP contribution in [0, 0.1) is 5.82 Å².